The first-order chi connectivity index (χ1) is 13.0. The van der Waals surface area contributed by atoms with Gasteiger partial charge in [0, 0.05) is 18.2 Å². The minimum atomic E-state index is -0.355. The van der Waals surface area contributed by atoms with Crippen LogP contribution in [0.2, 0.25) is 0 Å². The lowest BCUT2D eigenvalue weighted by atomic mass is 10.1. The largest absolute Gasteiger partial charge is 0.495 e. The lowest BCUT2D eigenvalue weighted by Gasteiger charge is -2.12. The smallest absolute Gasteiger partial charge is 0.261 e. The van der Waals surface area contributed by atoms with Crippen molar-refractivity contribution in [1.82, 2.24) is 5.16 Å². The summed E-state index contributed by atoms with van der Waals surface area (Å²) in [6.07, 6.45) is 0. The van der Waals surface area contributed by atoms with Crippen molar-refractivity contribution in [2.75, 3.05) is 17.7 Å². The minimum Gasteiger partial charge on any atom is -0.495 e. The molecule has 0 atom stereocenters. The van der Waals surface area contributed by atoms with Crippen molar-refractivity contribution in [1.29, 1.82) is 0 Å². The van der Waals surface area contributed by atoms with Gasteiger partial charge in [0.2, 0.25) is 5.91 Å². The van der Waals surface area contributed by atoms with Gasteiger partial charge in [0.25, 0.3) is 5.91 Å². The van der Waals surface area contributed by atoms with Crippen molar-refractivity contribution >= 4 is 23.2 Å². The van der Waals surface area contributed by atoms with Gasteiger partial charge in [0.05, 0.1) is 12.8 Å². The average molecular weight is 365 g/mol. The molecule has 0 bridgehead atoms. The molecule has 7 heteroatoms. The van der Waals surface area contributed by atoms with Gasteiger partial charge >= 0.3 is 0 Å². The number of nitrogens with one attached hydrogen (secondary N) is 2. The molecule has 3 aromatic rings. The molecule has 3 rings (SSSR count). The number of aromatic nitrogens is 1. The SMILES string of the molecule is COc1ccc(NC(=O)c2c(-c3ccccc3)noc2C)cc1NC(C)=O. The fourth-order valence-electron chi connectivity index (χ4n) is 2.70. The molecule has 0 spiro atoms. The van der Waals surface area contributed by atoms with Gasteiger partial charge in [-0.25, -0.2) is 0 Å². The standard InChI is InChI=1S/C20H19N3O4/c1-12-18(19(23-27-12)14-7-5-4-6-8-14)20(25)22-15-9-10-17(26-3)16(11-15)21-13(2)24/h4-11H,1-3H3,(H,21,24)(H,22,25). The van der Waals surface area contributed by atoms with E-state index < -0.39 is 0 Å². The van der Waals surface area contributed by atoms with Crippen LogP contribution in [0, 0.1) is 6.92 Å². The summed E-state index contributed by atoms with van der Waals surface area (Å²) < 4.78 is 10.5. The molecule has 0 aliphatic heterocycles. The Hall–Kier alpha value is -3.61. The highest BCUT2D eigenvalue weighted by Crippen LogP contribution is 2.30. The summed E-state index contributed by atoms with van der Waals surface area (Å²) in [4.78, 5) is 24.2. The molecule has 0 aliphatic rings. The van der Waals surface area contributed by atoms with E-state index in [1.54, 1.807) is 25.1 Å². The third-order valence-corrected chi connectivity index (χ3v) is 3.91. The molecule has 0 fully saturated rings. The first kappa shape index (κ1) is 18.2. The van der Waals surface area contributed by atoms with Crippen LogP contribution in [0.5, 0.6) is 5.75 Å². The predicted molar refractivity (Wildman–Crippen MR) is 102 cm³/mol. The van der Waals surface area contributed by atoms with E-state index >= 15 is 0 Å². The second kappa shape index (κ2) is 7.74. The fourth-order valence-corrected chi connectivity index (χ4v) is 2.70. The van der Waals surface area contributed by atoms with Crippen LogP contribution in [-0.2, 0) is 4.79 Å². The number of carbonyl (C=O) groups excluding carboxylic acids is 2. The van der Waals surface area contributed by atoms with Gasteiger partial charge in [-0.1, -0.05) is 35.5 Å². The molecular weight excluding hydrogens is 346 g/mol. The molecule has 7 nitrogen and oxygen atoms in total. The zero-order valence-corrected chi connectivity index (χ0v) is 15.2. The van der Waals surface area contributed by atoms with E-state index in [4.69, 9.17) is 9.26 Å². The molecule has 2 N–H and O–H groups in total. The summed E-state index contributed by atoms with van der Waals surface area (Å²) >= 11 is 0. The van der Waals surface area contributed by atoms with Crippen LogP contribution in [0.15, 0.2) is 53.1 Å². The Labute approximate surface area is 156 Å². The second-order valence-electron chi connectivity index (χ2n) is 5.88. The number of anilines is 2. The maximum absolute atomic E-state index is 12.8. The Morgan fingerprint density at radius 1 is 1.07 bits per heavy atom. The lowest BCUT2D eigenvalue weighted by molar-refractivity contribution is -0.114. The number of amides is 2. The van der Waals surface area contributed by atoms with Crippen LogP contribution in [0.3, 0.4) is 0 Å². The average Bonchev–Trinajstić information content (AvgIpc) is 3.04. The molecule has 1 heterocycles. The summed E-state index contributed by atoms with van der Waals surface area (Å²) in [7, 11) is 1.51. The van der Waals surface area contributed by atoms with Crippen molar-refractivity contribution in [3.63, 3.8) is 0 Å². The maximum Gasteiger partial charge on any atom is 0.261 e. The molecular formula is C20H19N3O4. The number of carbonyl (C=O) groups is 2. The third-order valence-electron chi connectivity index (χ3n) is 3.91. The van der Waals surface area contributed by atoms with Gasteiger partial charge in [-0.05, 0) is 25.1 Å². The Balaban J connectivity index is 1.91. The fraction of sp³-hybridized carbons (Fsp3) is 0.150. The Kier molecular flexibility index (Phi) is 5.21. The number of aryl methyl sites for hydroxylation is 1. The van der Waals surface area contributed by atoms with Gasteiger partial charge in [-0.2, -0.15) is 0 Å². The molecule has 0 saturated heterocycles. The highest BCUT2D eigenvalue weighted by Gasteiger charge is 2.22. The maximum atomic E-state index is 12.8. The van der Waals surface area contributed by atoms with E-state index in [0.717, 1.165) is 5.56 Å². The topological polar surface area (TPSA) is 93.5 Å². The molecule has 0 saturated carbocycles. The number of hydrogen-bond donors (Lipinski definition) is 2. The van der Waals surface area contributed by atoms with E-state index in [1.807, 2.05) is 30.3 Å². The molecule has 138 valence electrons. The normalized spacial score (nSPS) is 10.3. The number of hydrogen-bond acceptors (Lipinski definition) is 5. The van der Waals surface area contributed by atoms with Crippen LogP contribution >= 0.6 is 0 Å². The molecule has 0 aliphatic carbocycles. The van der Waals surface area contributed by atoms with Crippen LogP contribution in [0.1, 0.15) is 23.0 Å². The number of nitrogens with zero attached hydrogens (tertiary/aromatic N) is 1. The zero-order chi connectivity index (χ0) is 19.4. The Morgan fingerprint density at radius 3 is 2.48 bits per heavy atom. The zero-order valence-electron chi connectivity index (χ0n) is 15.2. The number of methoxy groups -OCH3 is 1. The second-order valence-corrected chi connectivity index (χ2v) is 5.88. The number of ether oxygens (including phenoxy) is 1. The van der Waals surface area contributed by atoms with Gasteiger partial charge in [-0.15, -0.1) is 0 Å². The summed E-state index contributed by atoms with van der Waals surface area (Å²) in [5.41, 5.74) is 2.59. The first-order valence-electron chi connectivity index (χ1n) is 8.28. The van der Waals surface area contributed by atoms with Crippen molar-refractivity contribution in [2.24, 2.45) is 0 Å². The molecule has 2 aromatic carbocycles. The quantitative estimate of drug-likeness (QED) is 0.716. The summed E-state index contributed by atoms with van der Waals surface area (Å²) in [5.74, 6) is 0.320. The van der Waals surface area contributed by atoms with Crippen LogP contribution in [0.25, 0.3) is 11.3 Å². The van der Waals surface area contributed by atoms with Gasteiger partial charge in [-0.3, -0.25) is 9.59 Å². The molecule has 0 unspecified atom stereocenters. The highest BCUT2D eigenvalue weighted by molar-refractivity contribution is 6.09. The van der Waals surface area contributed by atoms with Crippen molar-refractivity contribution in [2.45, 2.75) is 13.8 Å². The minimum absolute atomic E-state index is 0.238. The van der Waals surface area contributed by atoms with E-state index in [-0.39, 0.29) is 11.8 Å². The van der Waals surface area contributed by atoms with E-state index in [1.165, 1.54) is 14.0 Å². The van der Waals surface area contributed by atoms with Gasteiger partial charge < -0.3 is 19.9 Å². The molecule has 0 radical (unpaired) electrons. The molecule has 27 heavy (non-hydrogen) atoms. The van der Waals surface area contributed by atoms with Gasteiger partial charge in [0.15, 0.2) is 0 Å². The summed E-state index contributed by atoms with van der Waals surface area (Å²) in [6, 6.07) is 14.3. The highest BCUT2D eigenvalue weighted by atomic mass is 16.5. The summed E-state index contributed by atoms with van der Waals surface area (Å²) in [5, 5.41) is 9.51. The van der Waals surface area contributed by atoms with E-state index in [2.05, 4.69) is 15.8 Å². The van der Waals surface area contributed by atoms with Gasteiger partial charge in [0.1, 0.15) is 22.8 Å². The monoisotopic (exact) mass is 365 g/mol. The van der Waals surface area contributed by atoms with Crippen LogP contribution in [-0.4, -0.2) is 24.1 Å². The number of benzene rings is 2. The van der Waals surface area contributed by atoms with Crippen molar-refractivity contribution in [3.8, 4) is 17.0 Å². The summed E-state index contributed by atoms with van der Waals surface area (Å²) in [6.45, 7) is 3.09. The molecule has 2 amide bonds. The van der Waals surface area contributed by atoms with Crippen molar-refractivity contribution < 1.29 is 18.8 Å². The predicted octanol–water partition coefficient (Wildman–Crippen LogP) is 3.87. The van der Waals surface area contributed by atoms with Crippen molar-refractivity contribution in [3.05, 3.63) is 59.9 Å². The Morgan fingerprint density at radius 2 is 1.81 bits per heavy atom. The first-order valence-corrected chi connectivity index (χ1v) is 8.28. The molecule has 1 aromatic heterocycles. The van der Waals surface area contributed by atoms with E-state index in [0.29, 0.717) is 34.1 Å². The Bertz CT molecular complexity index is 980. The lowest BCUT2D eigenvalue weighted by Crippen LogP contribution is -2.14. The van der Waals surface area contributed by atoms with Crippen LogP contribution in [0.4, 0.5) is 11.4 Å². The van der Waals surface area contributed by atoms with E-state index in [9.17, 15) is 9.59 Å². The third kappa shape index (κ3) is 3.98. The van der Waals surface area contributed by atoms with Crippen LogP contribution < -0.4 is 15.4 Å². The number of rotatable bonds is 5.